The first-order valence-electron chi connectivity index (χ1n) is 5.91. The fraction of sp³-hybridized carbons (Fsp3) is 0.462. The van der Waals surface area contributed by atoms with Gasteiger partial charge in [-0.15, -0.1) is 0 Å². The number of hydrogen-bond donors (Lipinski definition) is 0. The standard InChI is InChI=1S/C13H17NO3S/c1-5-14-9(2)13(3,4)11-8-10(18(15,16)17)6-7-12(11)14/h6-8H,5H2,1-4H3. The van der Waals surface area contributed by atoms with Crippen molar-refractivity contribution >= 4 is 21.5 Å². The third-order valence-corrected chi connectivity index (χ3v) is 4.68. The van der Waals surface area contributed by atoms with Crippen LogP contribution in [0.5, 0.6) is 0 Å². The Balaban J connectivity index is 2.71. The molecule has 1 aliphatic heterocycles. The second-order valence-corrected chi connectivity index (χ2v) is 6.47. The summed E-state index contributed by atoms with van der Waals surface area (Å²) in [6.45, 7) is 8.99. The Morgan fingerprint density at radius 2 is 1.94 bits per heavy atom. The molecule has 98 valence electrons. The quantitative estimate of drug-likeness (QED) is 0.608. The smallest absolute Gasteiger partial charge is 0.209 e. The van der Waals surface area contributed by atoms with Crippen molar-refractivity contribution in [3.63, 3.8) is 0 Å². The lowest BCUT2D eigenvalue weighted by Gasteiger charge is -2.16. The molecular formula is C13H17NO3S. The van der Waals surface area contributed by atoms with Crippen molar-refractivity contribution in [2.24, 2.45) is 0 Å². The van der Waals surface area contributed by atoms with Crippen LogP contribution in [-0.4, -0.2) is 29.8 Å². The van der Waals surface area contributed by atoms with Crippen molar-refractivity contribution in [3.05, 3.63) is 23.8 Å². The summed E-state index contributed by atoms with van der Waals surface area (Å²) in [5.41, 5.74) is 2.82. The van der Waals surface area contributed by atoms with Crippen molar-refractivity contribution < 1.29 is 17.5 Å². The number of hydrogen-bond acceptors (Lipinski definition) is 3. The van der Waals surface area contributed by atoms with E-state index in [2.05, 4.69) is 4.58 Å². The summed E-state index contributed by atoms with van der Waals surface area (Å²) in [6, 6.07) is 4.62. The van der Waals surface area contributed by atoms with Crippen LogP contribution in [0.25, 0.3) is 0 Å². The van der Waals surface area contributed by atoms with Gasteiger partial charge in [0.25, 0.3) is 0 Å². The van der Waals surface area contributed by atoms with E-state index in [9.17, 15) is 13.0 Å². The Morgan fingerprint density at radius 3 is 2.44 bits per heavy atom. The first-order chi connectivity index (χ1) is 8.19. The van der Waals surface area contributed by atoms with Gasteiger partial charge in [-0.3, -0.25) is 0 Å². The molecule has 1 aliphatic rings. The van der Waals surface area contributed by atoms with Gasteiger partial charge in [-0.05, 0) is 32.9 Å². The maximum atomic E-state index is 11.1. The zero-order valence-electron chi connectivity index (χ0n) is 11.0. The van der Waals surface area contributed by atoms with Gasteiger partial charge in [-0.25, -0.2) is 8.42 Å². The predicted octanol–water partition coefficient (Wildman–Crippen LogP) is 2.01. The highest BCUT2D eigenvalue weighted by Crippen LogP contribution is 2.40. The molecule has 0 fully saturated rings. The molecule has 2 rings (SSSR count). The van der Waals surface area contributed by atoms with Gasteiger partial charge in [-0.2, -0.15) is 4.58 Å². The number of nitrogens with zero attached hydrogens (tertiary/aromatic N) is 1. The molecule has 18 heavy (non-hydrogen) atoms. The minimum atomic E-state index is -4.39. The summed E-state index contributed by atoms with van der Waals surface area (Å²) in [6.07, 6.45) is 0. The van der Waals surface area contributed by atoms with E-state index in [-0.39, 0.29) is 10.3 Å². The van der Waals surface area contributed by atoms with Crippen molar-refractivity contribution in [1.29, 1.82) is 0 Å². The molecule has 1 heterocycles. The van der Waals surface area contributed by atoms with E-state index >= 15 is 0 Å². The summed E-state index contributed by atoms with van der Waals surface area (Å²) in [5, 5.41) is 0. The molecule has 0 aliphatic carbocycles. The lowest BCUT2D eigenvalue weighted by Crippen LogP contribution is -2.26. The highest BCUT2D eigenvalue weighted by molar-refractivity contribution is 7.85. The maximum Gasteiger partial charge on any atom is 0.209 e. The fourth-order valence-corrected chi connectivity index (χ4v) is 3.02. The van der Waals surface area contributed by atoms with Crippen molar-refractivity contribution in [2.45, 2.75) is 38.0 Å². The van der Waals surface area contributed by atoms with Gasteiger partial charge in [0, 0.05) is 18.6 Å². The van der Waals surface area contributed by atoms with Crippen LogP contribution in [0.3, 0.4) is 0 Å². The van der Waals surface area contributed by atoms with E-state index < -0.39 is 10.1 Å². The van der Waals surface area contributed by atoms with E-state index in [1.807, 2.05) is 27.7 Å². The normalized spacial score (nSPS) is 18.1. The van der Waals surface area contributed by atoms with Crippen molar-refractivity contribution in [3.8, 4) is 0 Å². The van der Waals surface area contributed by atoms with Gasteiger partial charge in [0.1, 0.15) is 16.7 Å². The maximum absolute atomic E-state index is 11.1. The third-order valence-electron chi connectivity index (χ3n) is 3.85. The predicted molar refractivity (Wildman–Crippen MR) is 68.6 cm³/mol. The summed E-state index contributed by atoms with van der Waals surface area (Å²) in [5.74, 6) is 0. The minimum Gasteiger partial charge on any atom is -0.744 e. The van der Waals surface area contributed by atoms with Gasteiger partial charge in [-0.1, -0.05) is 0 Å². The molecule has 0 unspecified atom stereocenters. The largest absolute Gasteiger partial charge is 0.744 e. The van der Waals surface area contributed by atoms with Gasteiger partial charge >= 0.3 is 0 Å². The second-order valence-electron chi connectivity index (χ2n) is 5.09. The van der Waals surface area contributed by atoms with Crippen LogP contribution in [0.15, 0.2) is 23.1 Å². The Labute approximate surface area is 108 Å². The Hall–Kier alpha value is -1.20. The highest BCUT2D eigenvalue weighted by Gasteiger charge is 2.42. The molecule has 0 aromatic heterocycles. The van der Waals surface area contributed by atoms with Crippen LogP contribution < -0.4 is 0 Å². The molecule has 0 spiro atoms. The average molecular weight is 267 g/mol. The average Bonchev–Trinajstić information content (AvgIpc) is 2.46. The van der Waals surface area contributed by atoms with E-state index in [1.165, 1.54) is 17.8 Å². The Kier molecular flexibility index (Phi) is 2.87. The minimum absolute atomic E-state index is 0.153. The molecule has 1 aromatic rings. The molecule has 1 aromatic carbocycles. The van der Waals surface area contributed by atoms with Crippen molar-refractivity contribution in [2.75, 3.05) is 6.54 Å². The summed E-state index contributed by atoms with van der Waals surface area (Å²) >= 11 is 0. The van der Waals surface area contributed by atoms with Crippen LogP contribution in [0.1, 0.15) is 33.3 Å². The second kappa shape index (κ2) is 3.90. The van der Waals surface area contributed by atoms with Gasteiger partial charge in [0.15, 0.2) is 5.71 Å². The van der Waals surface area contributed by atoms with E-state index in [1.54, 1.807) is 6.07 Å². The monoisotopic (exact) mass is 267 g/mol. The summed E-state index contributed by atoms with van der Waals surface area (Å²) < 4.78 is 35.5. The van der Waals surface area contributed by atoms with Gasteiger partial charge in [0.05, 0.1) is 10.3 Å². The molecule has 0 amide bonds. The van der Waals surface area contributed by atoms with Gasteiger partial charge < -0.3 is 4.55 Å². The Morgan fingerprint density at radius 1 is 1.33 bits per heavy atom. The summed E-state index contributed by atoms with van der Waals surface area (Å²) in [4.78, 5) is -0.153. The third kappa shape index (κ3) is 1.78. The molecule has 0 atom stereocenters. The molecular weight excluding hydrogens is 250 g/mol. The van der Waals surface area contributed by atoms with Gasteiger partial charge in [0.2, 0.25) is 5.69 Å². The lowest BCUT2D eigenvalue weighted by atomic mass is 9.82. The number of benzene rings is 1. The van der Waals surface area contributed by atoms with Crippen LogP contribution in [0.2, 0.25) is 0 Å². The number of rotatable bonds is 2. The summed E-state index contributed by atoms with van der Waals surface area (Å²) in [7, 11) is -4.39. The van der Waals surface area contributed by atoms with E-state index in [4.69, 9.17) is 0 Å². The van der Waals surface area contributed by atoms with E-state index in [0.717, 1.165) is 17.8 Å². The first kappa shape index (κ1) is 13.2. The van der Waals surface area contributed by atoms with E-state index in [0.29, 0.717) is 0 Å². The van der Waals surface area contributed by atoms with Crippen molar-refractivity contribution in [1.82, 2.24) is 0 Å². The molecule has 5 heteroatoms. The molecule has 0 bridgehead atoms. The lowest BCUT2D eigenvalue weighted by molar-refractivity contribution is -0.434. The molecule has 0 saturated heterocycles. The van der Waals surface area contributed by atoms with Crippen LogP contribution in [0, 0.1) is 0 Å². The molecule has 0 N–H and O–H groups in total. The molecule has 4 nitrogen and oxygen atoms in total. The fourth-order valence-electron chi connectivity index (χ4n) is 2.53. The Bertz CT molecular complexity index is 642. The zero-order valence-corrected chi connectivity index (χ0v) is 11.8. The topological polar surface area (TPSA) is 60.2 Å². The number of fused-ring (bicyclic) bond motifs is 1. The first-order valence-corrected chi connectivity index (χ1v) is 7.32. The highest BCUT2D eigenvalue weighted by atomic mass is 32.2. The SMILES string of the molecule is CC[N+]1=C(C)C(C)(C)c2cc(S(=O)(=O)[O-])ccc21. The van der Waals surface area contributed by atoms with Crippen LogP contribution >= 0.6 is 0 Å². The van der Waals surface area contributed by atoms with Crippen LogP contribution in [-0.2, 0) is 15.5 Å². The van der Waals surface area contributed by atoms with Crippen LogP contribution in [0.4, 0.5) is 5.69 Å². The molecule has 0 radical (unpaired) electrons. The molecule has 0 saturated carbocycles. The zero-order chi connectivity index (χ0) is 13.7.